The molecule has 0 saturated carbocycles. The number of nitrogens with one attached hydrogen (secondary N) is 3. The van der Waals surface area contributed by atoms with Crippen molar-refractivity contribution in [2.24, 2.45) is 5.92 Å². The molecule has 0 bridgehead atoms. The monoisotopic (exact) mass is 397 g/mol. The molecular formula is C21H27N5O3. The predicted molar refractivity (Wildman–Crippen MR) is 109 cm³/mol. The first-order valence-electron chi connectivity index (χ1n) is 9.56. The van der Waals surface area contributed by atoms with Gasteiger partial charge in [-0.1, -0.05) is 31.5 Å². The van der Waals surface area contributed by atoms with E-state index in [9.17, 15) is 14.4 Å². The van der Waals surface area contributed by atoms with Crippen molar-refractivity contribution in [3.63, 3.8) is 0 Å². The molecule has 154 valence electrons. The fourth-order valence-corrected chi connectivity index (χ4v) is 2.47. The number of benzene rings is 1. The molecule has 0 aliphatic carbocycles. The molecule has 0 spiro atoms. The van der Waals surface area contributed by atoms with Gasteiger partial charge < -0.3 is 16.0 Å². The smallest absolute Gasteiger partial charge is 0.272 e. The highest BCUT2D eigenvalue weighted by molar-refractivity contribution is 5.97. The van der Waals surface area contributed by atoms with E-state index in [1.807, 2.05) is 19.1 Å². The number of nitrogens with zero attached hydrogens (tertiary/aromatic N) is 2. The highest BCUT2D eigenvalue weighted by Crippen LogP contribution is 2.03. The third-order valence-corrected chi connectivity index (χ3v) is 4.22. The molecule has 8 nitrogen and oxygen atoms in total. The second-order valence-electron chi connectivity index (χ2n) is 7.17. The molecule has 0 aliphatic rings. The van der Waals surface area contributed by atoms with Gasteiger partial charge in [0.05, 0.1) is 6.20 Å². The maximum absolute atomic E-state index is 12.6. The van der Waals surface area contributed by atoms with Crippen LogP contribution in [0, 0.1) is 12.8 Å². The number of aromatic nitrogens is 2. The van der Waals surface area contributed by atoms with Crippen LogP contribution in [0.2, 0.25) is 0 Å². The molecule has 8 heteroatoms. The van der Waals surface area contributed by atoms with Gasteiger partial charge in [-0.15, -0.1) is 0 Å². The number of hydrogen-bond donors (Lipinski definition) is 3. The van der Waals surface area contributed by atoms with Gasteiger partial charge in [-0.05, 0) is 31.4 Å². The molecule has 0 aliphatic heterocycles. The highest BCUT2D eigenvalue weighted by atomic mass is 16.2. The fraction of sp³-hybridized carbons (Fsp3) is 0.381. The van der Waals surface area contributed by atoms with Crippen LogP contribution in [0.5, 0.6) is 0 Å². The lowest BCUT2D eigenvalue weighted by Gasteiger charge is -2.19. The van der Waals surface area contributed by atoms with Crippen LogP contribution in [0.4, 0.5) is 0 Å². The number of amides is 3. The summed E-state index contributed by atoms with van der Waals surface area (Å²) in [7, 11) is 0. The van der Waals surface area contributed by atoms with Crippen LogP contribution in [0.25, 0.3) is 0 Å². The molecule has 0 radical (unpaired) electrons. The lowest BCUT2D eigenvalue weighted by molar-refractivity contribution is -0.122. The van der Waals surface area contributed by atoms with E-state index >= 15 is 0 Å². The van der Waals surface area contributed by atoms with Crippen molar-refractivity contribution in [1.29, 1.82) is 0 Å². The second-order valence-corrected chi connectivity index (χ2v) is 7.17. The number of rotatable bonds is 9. The number of carbonyl (C=O) groups is 3. The minimum atomic E-state index is -0.939. The van der Waals surface area contributed by atoms with Gasteiger partial charge in [0.2, 0.25) is 5.91 Å². The van der Waals surface area contributed by atoms with Crippen molar-refractivity contribution < 1.29 is 14.4 Å². The summed E-state index contributed by atoms with van der Waals surface area (Å²) in [5, 5.41) is 8.12. The van der Waals surface area contributed by atoms with E-state index in [1.54, 1.807) is 12.1 Å². The van der Waals surface area contributed by atoms with Gasteiger partial charge in [0, 0.05) is 31.0 Å². The third-order valence-electron chi connectivity index (χ3n) is 4.22. The molecule has 0 fully saturated rings. The molecule has 29 heavy (non-hydrogen) atoms. The molecule has 0 saturated heterocycles. The maximum Gasteiger partial charge on any atom is 0.272 e. The Morgan fingerprint density at radius 1 is 1.00 bits per heavy atom. The van der Waals surface area contributed by atoms with Crippen LogP contribution in [0.1, 0.15) is 46.7 Å². The second kappa shape index (κ2) is 10.9. The van der Waals surface area contributed by atoms with Crippen molar-refractivity contribution in [2.75, 3.05) is 13.1 Å². The fourth-order valence-electron chi connectivity index (χ4n) is 2.47. The van der Waals surface area contributed by atoms with Crippen LogP contribution in [-0.2, 0) is 4.79 Å². The molecule has 2 aromatic rings. The molecule has 1 heterocycles. The third kappa shape index (κ3) is 7.33. The van der Waals surface area contributed by atoms with Crippen LogP contribution >= 0.6 is 0 Å². The summed E-state index contributed by atoms with van der Waals surface area (Å²) in [6.45, 7) is 6.48. The molecule has 0 unspecified atom stereocenters. The Hall–Kier alpha value is -3.29. The molecule has 3 N–H and O–H groups in total. The van der Waals surface area contributed by atoms with Crippen LogP contribution in [0.3, 0.4) is 0 Å². The number of aryl methyl sites for hydroxylation is 1. The van der Waals surface area contributed by atoms with Gasteiger partial charge >= 0.3 is 0 Å². The Labute approximate surface area is 170 Å². The van der Waals surface area contributed by atoms with Crippen molar-refractivity contribution in [3.8, 4) is 0 Å². The Balaban J connectivity index is 2.02. The van der Waals surface area contributed by atoms with Gasteiger partial charge in [0.15, 0.2) is 0 Å². The van der Waals surface area contributed by atoms with E-state index in [1.165, 1.54) is 18.6 Å². The van der Waals surface area contributed by atoms with E-state index in [0.717, 1.165) is 12.0 Å². The van der Waals surface area contributed by atoms with Crippen LogP contribution in [-0.4, -0.2) is 46.8 Å². The van der Waals surface area contributed by atoms with Crippen LogP contribution in [0.15, 0.2) is 42.9 Å². The normalized spacial score (nSPS) is 11.6. The highest BCUT2D eigenvalue weighted by Gasteiger charge is 2.23. The first-order valence-corrected chi connectivity index (χ1v) is 9.56. The average Bonchev–Trinajstić information content (AvgIpc) is 2.71. The summed E-state index contributed by atoms with van der Waals surface area (Å²) in [6, 6.07) is 6.15. The van der Waals surface area contributed by atoms with E-state index in [2.05, 4.69) is 39.8 Å². The number of hydrogen-bond acceptors (Lipinski definition) is 5. The summed E-state index contributed by atoms with van der Waals surface area (Å²) in [4.78, 5) is 45.1. The van der Waals surface area contributed by atoms with Gasteiger partial charge in [-0.25, -0.2) is 4.98 Å². The summed E-state index contributed by atoms with van der Waals surface area (Å²) in [5.74, 6) is -0.790. The SMILES string of the molecule is Cc1ccc(C(=O)NC[C@H](NC(=O)c2cnccn2)C(=O)NCCC(C)C)cc1. The minimum absolute atomic E-state index is 0.0494. The summed E-state index contributed by atoms with van der Waals surface area (Å²) in [6.07, 6.45) is 4.97. The zero-order valence-corrected chi connectivity index (χ0v) is 16.9. The van der Waals surface area contributed by atoms with Crippen molar-refractivity contribution in [3.05, 3.63) is 59.7 Å². The van der Waals surface area contributed by atoms with Crippen molar-refractivity contribution >= 4 is 17.7 Å². The molecule has 3 amide bonds. The topological polar surface area (TPSA) is 113 Å². The first-order chi connectivity index (χ1) is 13.9. The summed E-state index contributed by atoms with van der Waals surface area (Å²) in [5.41, 5.74) is 1.62. The van der Waals surface area contributed by atoms with Crippen molar-refractivity contribution in [2.45, 2.75) is 33.2 Å². The molecule has 1 aromatic heterocycles. The van der Waals surface area contributed by atoms with Crippen LogP contribution < -0.4 is 16.0 Å². The maximum atomic E-state index is 12.6. The Kier molecular flexibility index (Phi) is 8.27. The van der Waals surface area contributed by atoms with E-state index in [4.69, 9.17) is 0 Å². The molecular weight excluding hydrogens is 370 g/mol. The molecule has 2 rings (SSSR count). The molecule has 1 atom stereocenters. The Morgan fingerprint density at radius 3 is 2.34 bits per heavy atom. The number of carbonyl (C=O) groups excluding carboxylic acids is 3. The average molecular weight is 397 g/mol. The first kappa shape index (κ1) is 22.0. The quantitative estimate of drug-likeness (QED) is 0.593. The van der Waals surface area contributed by atoms with Crippen molar-refractivity contribution in [1.82, 2.24) is 25.9 Å². The summed E-state index contributed by atoms with van der Waals surface area (Å²) < 4.78 is 0. The lowest BCUT2D eigenvalue weighted by atomic mass is 10.1. The van der Waals surface area contributed by atoms with Gasteiger partial charge in [0.1, 0.15) is 11.7 Å². The zero-order valence-electron chi connectivity index (χ0n) is 16.9. The van der Waals surface area contributed by atoms with Gasteiger partial charge in [-0.2, -0.15) is 0 Å². The standard InChI is InChI=1S/C21H27N5O3/c1-14(2)8-9-24-20(28)18(26-21(29)17-12-22-10-11-23-17)13-25-19(27)16-6-4-15(3)5-7-16/h4-7,10-12,14,18H,8-9,13H2,1-3H3,(H,24,28)(H,25,27)(H,26,29)/t18-/m0/s1. The van der Waals surface area contributed by atoms with Gasteiger partial charge in [0.25, 0.3) is 11.8 Å². The summed E-state index contributed by atoms with van der Waals surface area (Å²) >= 11 is 0. The largest absolute Gasteiger partial charge is 0.354 e. The Bertz CT molecular complexity index is 822. The van der Waals surface area contributed by atoms with E-state index < -0.39 is 11.9 Å². The Morgan fingerprint density at radius 2 is 1.72 bits per heavy atom. The minimum Gasteiger partial charge on any atom is -0.354 e. The van der Waals surface area contributed by atoms with Gasteiger partial charge in [-0.3, -0.25) is 19.4 Å². The molecule has 1 aromatic carbocycles. The van der Waals surface area contributed by atoms with E-state index in [-0.39, 0.29) is 24.1 Å². The predicted octanol–water partition coefficient (Wildman–Crippen LogP) is 1.48. The lowest BCUT2D eigenvalue weighted by Crippen LogP contribution is -2.53. The zero-order chi connectivity index (χ0) is 21.2. The van der Waals surface area contributed by atoms with E-state index in [0.29, 0.717) is 18.0 Å².